The van der Waals surface area contributed by atoms with E-state index in [1.807, 2.05) is 12.1 Å². The third kappa shape index (κ3) is 4.15. The molecular formula is C21H25N7O3. The molecule has 0 amide bonds. The quantitative estimate of drug-likeness (QED) is 0.546. The summed E-state index contributed by atoms with van der Waals surface area (Å²) in [6, 6.07) is 7.23. The van der Waals surface area contributed by atoms with Crippen molar-refractivity contribution in [2.45, 2.75) is 62.6 Å². The van der Waals surface area contributed by atoms with Crippen LogP contribution in [0.1, 0.15) is 50.8 Å². The Hall–Kier alpha value is -3.27. The van der Waals surface area contributed by atoms with Gasteiger partial charge in [-0.3, -0.25) is 4.79 Å². The second kappa shape index (κ2) is 8.10. The van der Waals surface area contributed by atoms with Crippen molar-refractivity contribution in [1.29, 1.82) is 0 Å². The van der Waals surface area contributed by atoms with Crippen LogP contribution in [-0.4, -0.2) is 42.1 Å². The highest BCUT2D eigenvalue weighted by Crippen LogP contribution is 2.38. The Bertz CT molecular complexity index is 1090. The molecular weight excluding hydrogens is 398 g/mol. The van der Waals surface area contributed by atoms with Crippen LogP contribution in [0.25, 0.3) is 5.69 Å². The summed E-state index contributed by atoms with van der Waals surface area (Å²) in [7, 11) is 0. The van der Waals surface area contributed by atoms with Crippen LogP contribution in [0.5, 0.6) is 0 Å². The molecule has 31 heavy (non-hydrogen) atoms. The second-order valence-electron chi connectivity index (χ2n) is 8.33. The van der Waals surface area contributed by atoms with E-state index in [9.17, 15) is 9.90 Å². The maximum atomic E-state index is 11.9. The van der Waals surface area contributed by atoms with Gasteiger partial charge in [-0.15, -0.1) is 0 Å². The summed E-state index contributed by atoms with van der Waals surface area (Å²) in [5.41, 5.74) is -0.538. The van der Waals surface area contributed by atoms with Gasteiger partial charge >= 0.3 is 0 Å². The Morgan fingerprint density at radius 3 is 2.68 bits per heavy atom. The zero-order valence-corrected chi connectivity index (χ0v) is 17.1. The van der Waals surface area contributed by atoms with Crippen LogP contribution in [0.4, 0.5) is 11.8 Å². The lowest BCUT2D eigenvalue weighted by Crippen LogP contribution is -2.23. The number of rotatable bonds is 6. The molecule has 3 aromatic rings. The predicted octanol–water partition coefficient (Wildman–Crippen LogP) is 2.22. The lowest BCUT2D eigenvalue weighted by molar-refractivity contribution is 0.0112. The molecule has 0 aliphatic heterocycles. The Kier molecular flexibility index (Phi) is 5.14. The van der Waals surface area contributed by atoms with E-state index in [4.69, 9.17) is 4.52 Å². The van der Waals surface area contributed by atoms with Gasteiger partial charge in [-0.2, -0.15) is 14.8 Å². The monoisotopic (exact) mass is 423 g/mol. The summed E-state index contributed by atoms with van der Waals surface area (Å²) in [4.78, 5) is 20.7. The summed E-state index contributed by atoms with van der Waals surface area (Å²) in [6.45, 7) is 0. The van der Waals surface area contributed by atoms with Crippen LogP contribution in [0.3, 0.4) is 0 Å². The van der Waals surface area contributed by atoms with Crippen LogP contribution >= 0.6 is 0 Å². The standard InChI is InChI=1S/C21H25N7O3/c29-18-4-3-11-23-28(18)16-7-8-17(22-13-16)24-14-5-6-15(12-14)25-20-26-19(31-27-20)21(30)9-1-2-10-21/h3-4,7-8,11,13-15,30H,1-2,5-6,9-10,12H2,(H,22,24)(H,25,27)/t14-,15-/m0/s1. The van der Waals surface area contributed by atoms with Gasteiger partial charge in [0.15, 0.2) is 0 Å². The van der Waals surface area contributed by atoms with Crippen LogP contribution in [0, 0.1) is 0 Å². The van der Waals surface area contributed by atoms with E-state index in [1.165, 1.54) is 10.7 Å². The molecule has 3 heterocycles. The highest BCUT2D eigenvalue weighted by molar-refractivity contribution is 5.41. The average molecular weight is 423 g/mol. The molecule has 0 radical (unpaired) electrons. The number of hydrogen-bond donors (Lipinski definition) is 3. The first-order valence-corrected chi connectivity index (χ1v) is 10.7. The zero-order chi connectivity index (χ0) is 21.3. The summed E-state index contributed by atoms with van der Waals surface area (Å²) >= 11 is 0. The van der Waals surface area contributed by atoms with E-state index in [2.05, 4.69) is 30.9 Å². The van der Waals surface area contributed by atoms with E-state index in [1.54, 1.807) is 18.5 Å². The minimum absolute atomic E-state index is 0.195. The third-order valence-electron chi connectivity index (χ3n) is 6.08. The fraction of sp³-hybridized carbons (Fsp3) is 0.476. The molecule has 162 valence electrons. The maximum absolute atomic E-state index is 11.9. The number of hydrogen-bond acceptors (Lipinski definition) is 9. The van der Waals surface area contributed by atoms with Crippen molar-refractivity contribution >= 4 is 11.8 Å². The van der Waals surface area contributed by atoms with Crippen LogP contribution < -0.4 is 16.2 Å². The molecule has 0 unspecified atom stereocenters. The largest absolute Gasteiger partial charge is 0.380 e. The Morgan fingerprint density at radius 1 is 1.13 bits per heavy atom. The van der Waals surface area contributed by atoms with Gasteiger partial charge < -0.3 is 20.3 Å². The number of nitrogens with zero attached hydrogens (tertiary/aromatic N) is 5. The Balaban J connectivity index is 1.17. The van der Waals surface area contributed by atoms with Crippen molar-refractivity contribution in [3.05, 3.63) is 52.9 Å². The molecule has 2 fully saturated rings. The van der Waals surface area contributed by atoms with Crippen molar-refractivity contribution in [1.82, 2.24) is 24.9 Å². The van der Waals surface area contributed by atoms with Gasteiger partial charge in [-0.1, -0.05) is 0 Å². The van der Waals surface area contributed by atoms with E-state index in [-0.39, 0.29) is 17.6 Å². The van der Waals surface area contributed by atoms with Crippen LogP contribution in [-0.2, 0) is 5.60 Å². The SMILES string of the molecule is O=c1cccnn1-c1ccc(N[C@H]2CC[C@H](Nc3noc(C4(O)CCCC4)n3)C2)nc1. The van der Waals surface area contributed by atoms with Gasteiger partial charge in [0.05, 0.1) is 11.9 Å². The molecule has 2 atom stereocenters. The topological polar surface area (TPSA) is 131 Å². The predicted molar refractivity (Wildman–Crippen MR) is 113 cm³/mol. The fourth-order valence-corrected chi connectivity index (χ4v) is 4.43. The molecule has 10 nitrogen and oxygen atoms in total. The smallest absolute Gasteiger partial charge is 0.271 e. The maximum Gasteiger partial charge on any atom is 0.271 e. The molecule has 2 aliphatic rings. The summed E-state index contributed by atoms with van der Waals surface area (Å²) in [5.74, 6) is 1.50. The minimum Gasteiger partial charge on any atom is -0.380 e. The first kappa shape index (κ1) is 19.7. The fourth-order valence-electron chi connectivity index (χ4n) is 4.43. The van der Waals surface area contributed by atoms with Gasteiger partial charge in [-0.05, 0) is 68.3 Å². The Labute approximate surface area is 178 Å². The molecule has 3 N–H and O–H groups in total. The lowest BCUT2D eigenvalue weighted by atomic mass is 10.0. The molecule has 10 heteroatoms. The molecule has 2 saturated carbocycles. The molecule has 2 aliphatic carbocycles. The van der Waals surface area contributed by atoms with E-state index in [0.717, 1.165) is 37.9 Å². The normalized spacial score (nSPS) is 22.5. The van der Waals surface area contributed by atoms with Crippen molar-refractivity contribution in [3.8, 4) is 5.69 Å². The number of anilines is 2. The molecule has 3 aromatic heterocycles. The minimum atomic E-state index is -0.967. The van der Waals surface area contributed by atoms with Gasteiger partial charge in [0, 0.05) is 24.3 Å². The number of nitrogens with one attached hydrogen (secondary N) is 2. The summed E-state index contributed by atoms with van der Waals surface area (Å²) in [5, 5.41) is 25.4. The van der Waals surface area contributed by atoms with Crippen molar-refractivity contribution in [2.24, 2.45) is 0 Å². The Morgan fingerprint density at radius 2 is 1.94 bits per heavy atom. The highest BCUT2D eigenvalue weighted by Gasteiger charge is 2.39. The molecule has 5 rings (SSSR count). The molecule has 0 spiro atoms. The van der Waals surface area contributed by atoms with Crippen molar-refractivity contribution < 1.29 is 9.63 Å². The van der Waals surface area contributed by atoms with Crippen molar-refractivity contribution in [2.75, 3.05) is 10.6 Å². The first-order chi connectivity index (χ1) is 15.1. The van der Waals surface area contributed by atoms with Crippen LogP contribution in [0.15, 0.2) is 46.0 Å². The van der Waals surface area contributed by atoms with E-state index >= 15 is 0 Å². The summed E-state index contributed by atoms with van der Waals surface area (Å²) in [6.07, 6.45) is 9.34. The van der Waals surface area contributed by atoms with E-state index in [0.29, 0.717) is 30.4 Å². The first-order valence-electron chi connectivity index (χ1n) is 10.7. The molecule has 0 bridgehead atoms. The zero-order valence-electron chi connectivity index (χ0n) is 17.1. The number of aliphatic hydroxyl groups is 1. The average Bonchev–Trinajstić information content (AvgIpc) is 3.52. The van der Waals surface area contributed by atoms with E-state index < -0.39 is 5.60 Å². The van der Waals surface area contributed by atoms with Crippen LogP contribution in [0.2, 0.25) is 0 Å². The molecule has 0 saturated heterocycles. The third-order valence-corrected chi connectivity index (χ3v) is 6.08. The van der Waals surface area contributed by atoms with Gasteiger partial charge in [0.25, 0.3) is 17.4 Å². The van der Waals surface area contributed by atoms with Crippen molar-refractivity contribution in [3.63, 3.8) is 0 Å². The van der Waals surface area contributed by atoms with Gasteiger partial charge in [-0.25, -0.2) is 4.98 Å². The second-order valence-corrected chi connectivity index (χ2v) is 8.33. The molecule has 0 aromatic carbocycles. The van der Waals surface area contributed by atoms with Gasteiger partial charge in [0.2, 0.25) is 0 Å². The highest BCUT2D eigenvalue weighted by atomic mass is 16.5. The van der Waals surface area contributed by atoms with Gasteiger partial charge in [0.1, 0.15) is 11.4 Å². The number of pyridine rings is 1. The number of aromatic nitrogens is 5. The summed E-state index contributed by atoms with van der Waals surface area (Å²) < 4.78 is 6.62. The lowest BCUT2D eigenvalue weighted by Gasteiger charge is -2.16.